The highest BCUT2D eigenvalue weighted by Crippen LogP contribution is 2.19. The Morgan fingerprint density at radius 1 is 1.23 bits per heavy atom. The smallest absolute Gasteiger partial charge is 0.226 e. The Hall–Kier alpha value is -2.58. The Balaban J connectivity index is 1.82. The number of nitriles is 1. The fraction of sp³-hybridized carbons (Fsp3) is 0.125. The summed E-state index contributed by atoms with van der Waals surface area (Å²) in [6.45, 7) is 0.381. The summed E-state index contributed by atoms with van der Waals surface area (Å²) in [6.07, 6.45) is 0.228. The molecule has 0 aliphatic carbocycles. The monoisotopic (exact) mass is 317 g/mol. The highest BCUT2D eigenvalue weighted by atomic mass is 35.5. The third-order valence-electron chi connectivity index (χ3n) is 2.88. The summed E-state index contributed by atoms with van der Waals surface area (Å²) in [7, 11) is 0. The van der Waals surface area contributed by atoms with E-state index in [1.807, 2.05) is 6.07 Å². The predicted molar refractivity (Wildman–Crippen MR) is 84.3 cm³/mol. The van der Waals surface area contributed by atoms with Crippen molar-refractivity contribution in [2.24, 2.45) is 0 Å². The molecule has 0 fully saturated rings. The lowest BCUT2D eigenvalue weighted by atomic mass is 10.2. The Bertz CT molecular complexity index is 728. The van der Waals surface area contributed by atoms with Crippen LogP contribution in [0.5, 0.6) is 0 Å². The zero-order valence-corrected chi connectivity index (χ0v) is 12.3. The zero-order chi connectivity index (χ0) is 15.9. The van der Waals surface area contributed by atoms with E-state index >= 15 is 0 Å². The summed E-state index contributed by atoms with van der Waals surface area (Å²) in [4.78, 5) is 11.8. The molecule has 0 radical (unpaired) electrons. The highest BCUT2D eigenvalue weighted by molar-refractivity contribution is 6.31. The summed E-state index contributed by atoms with van der Waals surface area (Å²) in [5.41, 5.74) is 1.71. The van der Waals surface area contributed by atoms with Crippen LogP contribution >= 0.6 is 11.6 Å². The molecule has 0 unspecified atom stereocenters. The number of hydrogen-bond donors (Lipinski definition) is 2. The molecule has 112 valence electrons. The van der Waals surface area contributed by atoms with Gasteiger partial charge < -0.3 is 10.6 Å². The van der Waals surface area contributed by atoms with Crippen molar-refractivity contribution in [3.63, 3.8) is 0 Å². The van der Waals surface area contributed by atoms with Crippen LogP contribution in [-0.4, -0.2) is 12.5 Å². The van der Waals surface area contributed by atoms with E-state index in [9.17, 15) is 9.18 Å². The quantitative estimate of drug-likeness (QED) is 0.881. The van der Waals surface area contributed by atoms with Gasteiger partial charge in [0.05, 0.1) is 16.7 Å². The molecule has 4 nitrogen and oxygen atoms in total. The van der Waals surface area contributed by atoms with Gasteiger partial charge in [-0.1, -0.05) is 17.7 Å². The first-order chi connectivity index (χ1) is 10.6. The standard InChI is InChI=1S/C16H13ClFN3O/c17-14-9-12(4-5-15(14)18)20-7-6-16(22)21-13-3-1-2-11(8-13)10-19/h1-5,8-9,20H,6-7H2,(H,21,22). The van der Waals surface area contributed by atoms with Gasteiger partial charge in [0.25, 0.3) is 0 Å². The predicted octanol–water partition coefficient (Wildman–Crippen LogP) is 3.79. The van der Waals surface area contributed by atoms with Crippen LogP contribution in [0, 0.1) is 17.1 Å². The molecule has 22 heavy (non-hydrogen) atoms. The normalized spacial score (nSPS) is 9.86. The molecule has 6 heteroatoms. The van der Waals surface area contributed by atoms with Gasteiger partial charge in [0, 0.05) is 24.3 Å². The van der Waals surface area contributed by atoms with Crippen LogP contribution in [0.15, 0.2) is 42.5 Å². The molecular formula is C16H13ClFN3O. The summed E-state index contributed by atoms with van der Waals surface area (Å²) in [5, 5.41) is 14.5. The van der Waals surface area contributed by atoms with Crippen molar-refractivity contribution in [3.8, 4) is 6.07 Å². The SMILES string of the molecule is N#Cc1cccc(NC(=O)CCNc2ccc(F)c(Cl)c2)c1. The van der Waals surface area contributed by atoms with E-state index in [0.717, 1.165) is 0 Å². The molecule has 0 saturated heterocycles. The molecule has 2 aromatic carbocycles. The molecule has 0 aliphatic rings. The number of amides is 1. The highest BCUT2D eigenvalue weighted by Gasteiger charge is 2.04. The van der Waals surface area contributed by atoms with Crippen LogP contribution in [-0.2, 0) is 4.79 Å². The molecule has 2 aromatic rings. The number of carbonyl (C=O) groups is 1. The van der Waals surface area contributed by atoms with Gasteiger partial charge >= 0.3 is 0 Å². The summed E-state index contributed by atoms with van der Waals surface area (Å²) in [5.74, 6) is -0.668. The van der Waals surface area contributed by atoms with Gasteiger partial charge in [0.15, 0.2) is 0 Å². The largest absolute Gasteiger partial charge is 0.384 e. The number of nitrogens with one attached hydrogen (secondary N) is 2. The molecule has 2 rings (SSSR count). The molecule has 0 spiro atoms. The van der Waals surface area contributed by atoms with E-state index in [1.54, 1.807) is 30.3 Å². The van der Waals surface area contributed by atoms with E-state index in [-0.39, 0.29) is 17.4 Å². The Labute approximate surface area is 132 Å². The van der Waals surface area contributed by atoms with E-state index in [4.69, 9.17) is 16.9 Å². The van der Waals surface area contributed by atoms with E-state index in [1.165, 1.54) is 12.1 Å². The minimum atomic E-state index is -0.484. The average Bonchev–Trinajstić information content (AvgIpc) is 2.51. The second-order valence-electron chi connectivity index (χ2n) is 4.55. The van der Waals surface area contributed by atoms with Crippen molar-refractivity contribution in [3.05, 3.63) is 58.9 Å². The molecule has 0 atom stereocenters. The second-order valence-corrected chi connectivity index (χ2v) is 4.95. The van der Waals surface area contributed by atoms with Crippen LogP contribution in [0.2, 0.25) is 5.02 Å². The maximum absolute atomic E-state index is 13.0. The maximum Gasteiger partial charge on any atom is 0.226 e. The van der Waals surface area contributed by atoms with Gasteiger partial charge in [-0.3, -0.25) is 4.79 Å². The number of nitrogens with zero attached hydrogens (tertiary/aromatic N) is 1. The van der Waals surface area contributed by atoms with E-state index < -0.39 is 5.82 Å². The number of hydrogen-bond acceptors (Lipinski definition) is 3. The number of anilines is 2. The molecule has 0 aromatic heterocycles. The molecular weight excluding hydrogens is 305 g/mol. The maximum atomic E-state index is 13.0. The Morgan fingerprint density at radius 2 is 2.05 bits per heavy atom. The third-order valence-corrected chi connectivity index (χ3v) is 3.17. The third kappa shape index (κ3) is 4.47. The molecule has 0 aliphatic heterocycles. The number of carbonyl (C=O) groups excluding carboxylic acids is 1. The van der Waals surface area contributed by atoms with Crippen LogP contribution in [0.4, 0.5) is 15.8 Å². The van der Waals surface area contributed by atoms with Crippen molar-refractivity contribution in [2.75, 3.05) is 17.2 Å². The van der Waals surface area contributed by atoms with E-state index in [0.29, 0.717) is 23.5 Å². The second kappa shape index (κ2) is 7.43. The average molecular weight is 318 g/mol. The molecule has 1 amide bonds. The number of halogens is 2. The first-order valence-corrected chi connectivity index (χ1v) is 6.95. The summed E-state index contributed by atoms with van der Waals surface area (Å²) >= 11 is 5.67. The van der Waals surface area contributed by atoms with Gasteiger partial charge in [0.2, 0.25) is 5.91 Å². The van der Waals surface area contributed by atoms with Crippen LogP contribution in [0.1, 0.15) is 12.0 Å². The van der Waals surface area contributed by atoms with E-state index in [2.05, 4.69) is 10.6 Å². The van der Waals surface area contributed by atoms with Crippen molar-refractivity contribution in [1.82, 2.24) is 0 Å². The van der Waals surface area contributed by atoms with Crippen molar-refractivity contribution >= 4 is 28.9 Å². The van der Waals surface area contributed by atoms with Gasteiger partial charge in [-0.2, -0.15) is 5.26 Å². The summed E-state index contributed by atoms with van der Waals surface area (Å²) in [6, 6.07) is 13.0. The topological polar surface area (TPSA) is 64.9 Å². The fourth-order valence-electron chi connectivity index (χ4n) is 1.82. The lowest BCUT2D eigenvalue weighted by Gasteiger charge is -2.08. The fourth-order valence-corrected chi connectivity index (χ4v) is 2.00. The Morgan fingerprint density at radius 3 is 2.77 bits per heavy atom. The molecule has 0 saturated carbocycles. The minimum absolute atomic E-state index is 0.0303. The van der Waals surface area contributed by atoms with Crippen LogP contribution in [0.3, 0.4) is 0 Å². The lowest BCUT2D eigenvalue weighted by Crippen LogP contribution is -2.16. The van der Waals surface area contributed by atoms with Crippen LogP contribution in [0.25, 0.3) is 0 Å². The Kier molecular flexibility index (Phi) is 5.34. The lowest BCUT2D eigenvalue weighted by molar-refractivity contribution is -0.115. The number of benzene rings is 2. The van der Waals surface area contributed by atoms with Gasteiger partial charge in [0.1, 0.15) is 5.82 Å². The zero-order valence-electron chi connectivity index (χ0n) is 11.6. The molecule has 0 bridgehead atoms. The summed E-state index contributed by atoms with van der Waals surface area (Å²) < 4.78 is 13.0. The van der Waals surface area contributed by atoms with Gasteiger partial charge in [-0.15, -0.1) is 0 Å². The molecule has 2 N–H and O–H groups in total. The van der Waals surface area contributed by atoms with Crippen molar-refractivity contribution in [1.29, 1.82) is 5.26 Å². The first kappa shape index (κ1) is 15.8. The minimum Gasteiger partial charge on any atom is -0.384 e. The van der Waals surface area contributed by atoms with Crippen LogP contribution < -0.4 is 10.6 Å². The first-order valence-electron chi connectivity index (χ1n) is 6.57. The molecule has 0 heterocycles. The number of rotatable bonds is 5. The van der Waals surface area contributed by atoms with Crippen molar-refractivity contribution in [2.45, 2.75) is 6.42 Å². The van der Waals surface area contributed by atoms with Gasteiger partial charge in [-0.05, 0) is 36.4 Å². The van der Waals surface area contributed by atoms with Crippen molar-refractivity contribution < 1.29 is 9.18 Å². The van der Waals surface area contributed by atoms with Gasteiger partial charge in [-0.25, -0.2) is 4.39 Å².